The average molecular weight is 826 g/mol. The Morgan fingerprint density at radius 2 is 1.66 bits per heavy atom. The molecule has 6 aromatic rings. The number of hydrogen-bond acceptors (Lipinski definition) is 13. The average Bonchev–Trinajstić information content (AvgIpc) is 4.00. The summed E-state index contributed by atoms with van der Waals surface area (Å²) in [7, 11) is -3.97. The number of aromatic hydroxyl groups is 1. The lowest BCUT2D eigenvalue weighted by molar-refractivity contribution is 0.00758. The third-order valence-corrected chi connectivity index (χ3v) is 11.9. The Hall–Kier alpha value is -6.32. The lowest BCUT2D eigenvalue weighted by Crippen LogP contribution is -2.40. The highest BCUT2D eigenvalue weighted by atomic mass is 32.2. The smallest absolute Gasteiger partial charge is 0.329 e. The minimum absolute atomic E-state index is 0.00110. The third-order valence-electron chi connectivity index (χ3n) is 11.0. The Labute approximate surface area is 337 Å². The number of benzene rings is 3. The van der Waals surface area contributed by atoms with Gasteiger partial charge in [0.1, 0.15) is 17.9 Å². The number of carbonyl (C=O) groups is 1. The van der Waals surface area contributed by atoms with Gasteiger partial charge in [0.2, 0.25) is 21.9 Å². The highest BCUT2D eigenvalue weighted by Gasteiger charge is 2.46. The molecule has 59 heavy (non-hydrogen) atoms. The molecule has 2 amide bonds. The number of imidazole rings is 2. The molecule has 2 aliphatic rings. The van der Waals surface area contributed by atoms with Crippen LogP contribution in [0.15, 0.2) is 101 Å². The molecule has 308 valence electrons. The predicted molar refractivity (Wildman–Crippen MR) is 216 cm³/mol. The quantitative estimate of drug-likeness (QED) is 0.0851. The number of fused-ring (bicyclic) bond motifs is 1. The number of aliphatic hydroxyl groups excluding tert-OH is 3. The minimum Gasteiger partial charge on any atom is -0.493 e. The van der Waals surface area contributed by atoms with E-state index in [0.717, 1.165) is 15.7 Å². The lowest BCUT2D eigenvalue weighted by atomic mass is 9.91. The molecule has 10 N–H and O–H groups in total. The van der Waals surface area contributed by atoms with Crippen molar-refractivity contribution in [1.82, 2.24) is 34.4 Å². The SMILES string of the molecule is NS(=O)(=O)c1cccc(NC(=O)NC2CCN(c3nc(NCC(c4ccccc4)c4ccccc4)c4ncn([C@@H]5C[C@H](n6c(O)c(CO)[nH]c6=O)[C@@H](O)[C@H]5O)c4n3)C2)c1. The summed E-state index contributed by atoms with van der Waals surface area (Å²) < 4.78 is 26.2. The van der Waals surface area contributed by atoms with E-state index >= 15 is 0 Å². The van der Waals surface area contributed by atoms with Gasteiger partial charge in [0, 0.05) is 37.3 Å². The Balaban J connectivity index is 1.10. The van der Waals surface area contributed by atoms with Crippen molar-refractivity contribution in [2.75, 3.05) is 35.2 Å². The van der Waals surface area contributed by atoms with E-state index in [1.165, 1.54) is 24.5 Å². The van der Waals surface area contributed by atoms with E-state index in [1.54, 1.807) is 10.6 Å². The number of nitrogens with two attached hydrogens (primary N) is 1. The summed E-state index contributed by atoms with van der Waals surface area (Å²) in [6.07, 6.45) is -0.861. The summed E-state index contributed by atoms with van der Waals surface area (Å²) in [5.41, 5.74) is 2.26. The first-order valence-electron chi connectivity index (χ1n) is 18.9. The van der Waals surface area contributed by atoms with Gasteiger partial charge >= 0.3 is 11.7 Å². The molecule has 1 aliphatic carbocycles. The zero-order chi connectivity index (χ0) is 41.4. The van der Waals surface area contributed by atoms with E-state index in [2.05, 4.69) is 50.2 Å². The van der Waals surface area contributed by atoms with Gasteiger partial charge in [-0.15, -0.1) is 0 Å². The number of urea groups is 1. The first kappa shape index (κ1) is 39.5. The number of H-pyrrole nitrogens is 1. The number of aromatic amines is 1. The number of rotatable bonds is 12. The summed E-state index contributed by atoms with van der Waals surface area (Å²) in [5.74, 6) is 0.0950. The fourth-order valence-corrected chi connectivity index (χ4v) is 8.56. The minimum atomic E-state index is -3.97. The molecule has 0 radical (unpaired) electrons. The fourth-order valence-electron chi connectivity index (χ4n) is 8.00. The molecule has 19 nitrogen and oxygen atoms in total. The van der Waals surface area contributed by atoms with Crippen LogP contribution in [0.25, 0.3) is 11.2 Å². The van der Waals surface area contributed by atoms with Gasteiger partial charge < -0.3 is 50.8 Å². The van der Waals surface area contributed by atoms with Crippen molar-refractivity contribution in [2.45, 2.75) is 60.6 Å². The van der Waals surface area contributed by atoms with E-state index in [4.69, 9.17) is 15.1 Å². The van der Waals surface area contributed by atoms with Crippen LogP contribution < -0.4 is 31.7 Å². The van der Waals surface area contributed by atoms with Gasteiger partial charge in [0.25, 0.3) is 0 Å². The van der Waals surface area contributed by atoms with Crippen LogP contribution in [0.1, 0.15) is 47.7 Å². The maximum atomic E-state index is 13.0. The Kier molecular flexibility index (Phi) is 10.8. The molecule has 2 fully saturated rings. The van der Waals surface area contributed by atoms with Crippen molar-refractivity contribution < 1.29 is 33.6 Å². The highest BCUT2D eigenvalue weighted by Crippen LogP contribution is 2.41. The maximum Gasteiger partial charge on any atom is 0.329 e. The zero-order valence-electron chi connectivity index (χ0n) is 31.5. The Bertz CT molecular complexity index is 2600. The molecule has 8 rings (SSSR count). The molecule has 1 saturated carbocycles. The van der Waals surface area contributed by atoms with E-state index in [0.29, 0.717) is 49.0 Å². The molecule has 20 heteroatoms. The van der Waals surface area contributed by atoms with Crippen molar-refractivity contribution >= 4 is 44.7 Å². The van der Waals surface area contributed by atoms with Crippen LogP contribution in [0.5, 0.6) is 5.88 Å². The summed E-state index contributed by atoms with van der Waals surface area (Å²) in [6, 6.07) is 22.9. The second-order valence-electron chi connectivity index (χ2n) is 14.7. The maximum absolute atomic E-state index is 13.0. The summed E-state index contributed by atoms with van der Waals surface area (Å²) in [4.78, 5) is 44.5. The monoisotopic (exact) mass is 825 g/mol. The second kappa shape index (κ2) is 16.1. The number of amides is 2. The number of aliphatic hydroxyl groups is 3. The molecule has 4 heterocycles. The summed E-state index contributed by atoms with van der Waals surface area (Å²) in [5, 5.41) is 57.3. The third kappa shape index (κ3) is 7.95. The van der Waals surface area contributed by atoms with E-state index in [-0.39, 0.29) is 34.7 Å². The molecular formula is C39H43N11O8S. The number of primary sulfonamides is 1. The van der Waals surface area contributed by atoms with Crippen molar-refractivity contribution in [3.8, 4) is 5.88 Å². The number of aromatic nitrogens is 6. The topological polar surface area (TPSA) is 279 Å². The van der Waals surface area contributed by atoms with Crippen LogP contribution in [0.3, 0.4) is 0 Å². The number of hydrogen-bond donors (Lipinski definition) is 9. The molecule has 0 spiro atoms. The van der Waals surface area contributed by atoms with Crippen molar-refractivity contribution in [3.05, 3.63) is 119 Å². The Morgan fingerprint density at radius 3 is 2.32 bits per heavy atom. The summed E-state index contributed by atoms with van der Waals surface area (Å²) >= 11 is 0. The Morgan fingerprint density at radius 1 is 0.966 bits per heavy atom. The predicted octanol–water partition coefficient (Wildman–Crippen LogP) is 1.71. The number of nitrogens with zero attached hydrogens (tertiary/aromatic N) is 6. The molecule has 0 bridgehead atoms. The number of carbonyl (C=O) groups excluding carboxylic acids is 1. The molecular weight excluding hydrogens is 783 g/mol. The van der Waals surface area contributed by atoms with E-state index in [9.17, 15) is 38.4 Å². The number of sulfonamides is 1. The van der Waals surface area contributed by atoms with Gasteiger partial charge in [-0.3, -0.25) is 4.57 Å². The van der Waals surface area contributed by atoms with Crippen LogP contribution in [0.2, 0.25) is 0 Å². The van der Waals surface area contributed by atoms with Gasteiger partial charge in [0.05, 0.1) is 29.9 Å². The number of nitrogens with one attached hydrogen (secondary N) is 4. The molecule has 5 atom stereocenters. The van der Waals surface area contributed by atoms with Crippen LogP contribution in [-0.2, 0) is 16.6 Å². The highest BCUT2D eigenvalue weighted by molar-refractivity contribution is 7.89. The van der Waals surface area contributed by atoms with Gasteiger partial charge in [0.15, 0.2) is 17.0 Å². The lowest BCUT2D eigenvalue weighted by Gasteiger charge is -2.22. The van der Waals surface area contributed by atoms with E-state index < -0.39 is 58.5 Å². The van der Waals surface area contributed by atoms with E-state index in [1.807, 2.05) is 41.3 Å². The van der Waals surface area contributed by atoms with Crippen molar-refractivity contribution in [2.24, 2.45) is 5.14 Å². The van der Waals surface area contributed by atoms with Crippen molar-refractivity contribution in [1.29, 1.82) is 0 Å². The van der Waals surface area contributed by atoms with Crippen LogP contribution >= 0.6 is 0 Å². The first-order chi connectivity index (χ1) is 28.4. The molecule has 3 aromatic heterocycles. The van der Waals surface area contributed by atoms with Crippen LogP contribution in [0, 0.1) is 0 Å². The molecule has 1 aliphatic heterocycles. The summed E-state index contributed by atoms with van der Waals surface area (Å²) in [6.45, 7) is 0.555. The van der Waals surface area contributed by atoms with Gasteiger partial charge in [-0.25, -0.2) is 28.1 Å². The molecule has 3 aromatic carbocycles. The molecule has 1 unspecified atom stereocenters. The standard InChI is InChI=1S/C39H43N11O8S/c40-59(57,58)26-13-7-12-24(16-26)43-38(55)44-25-14-15-48(19-25)37-46-34(41-18-27(22-8-3-1-4-9-22)23-10-5-2-6-11-23)31-35(47-37)49(21-42-31)29-17-30(33(53)32(29)52)50-36(54)28(20-51)45-39(50)56/h1-13,16,21,25,27,29-30,32-33,51-54H,14-15,17-20H2,(H,45,56)(H2,40,57,58)(H,41,46,47)(H2,43,44,55)/t25?,29-,30+,32+,33-/m1/s1. The van der Waals surface area contributed by atoms with Crippen LogP contribution in [0.4, 0.5) is 22.2 Å². The zero-order valence-corrected chi connectivity index (χ0v) is 32.3. The van der Waals surface area contributed by atoms with Gasteiger partial charge in [-0.1, -0.05) is 66.7 Å². The number of anilines is 3. The van der Waals surface area contributed by atoms with Crippen LogP contribution in [-0.4, -0.2) is 102 Å². The fraction of sp³-hybridized carbons (Fsp3) is 0.308. The normalized spacial score (nSPS) is 20.7. The first-order valence-corrected chi connectivity index (χ1v) is 20.5. The van der Waals surface area contributed by atoms with Crippen molar-refractivity contribution in [3.63, 3.8) is 0 Å². The molecule has 1 saturated heterocycles. The van der Waals surface area contributed by atoms with Gasteiger partial charge in [-0.2, -0.15) is 9.97 Å². The largest absolute Gasteiger partial charge is 0.493 e. The second-order valence-corrected chi connectivity index (χ2v) is 16.2. The van der Waals surface area contributed by atoms with Gasteiger partial charge in [-0.05, 0) is 42.2 Å².